The summed E-state index contributed by atoms with van der Waals surface area (Å²) in [6, 6.07) is 0. The first-order chi connectivity index (χ1) is 10.8. The van der Waals surface area contributed by atoms with Crippen LogP contribution in [0.15, 0.2) is 21.6 Å². The van der Waals surface area contributed by atoms with Crippen molar-refractivity contribution in [1.82, 2.24) is 0 Å². The van der Waals surface area contributed by atoms with E-state index in [1.54, 1.807) is 13.4 Å². The molecule has 0 radical (unpaired) electrons. The summed E-state index contributed by atoms with van der Waals surface area (Å²) in [4.78, 5) is 8.23. The molecule has 0 aliphatic rings. The zero-order chi connectivity index (χ0) is 16.5. The summed E-state index contributed by atoms with van der Waals surface area (Å²) >= 11 is 0. The molecular weight excluding hydrogens is 268 g/mol. The van der Waals surface area contributed by atoms with Crippen LogP contribution in [0.2, 0.25) is 0 Å². The van der Waals surface area contributed by atoms with Crippen LogP contribution < -0.4 is 0 Å². The average Bonchev–Trinajstić information content (AvgIpc) is 2.54. The van der Waals surface area contributed by atoms with E-state index in [9.17, 15) is 0 Å². The second-order valence-electron chi connectivity index (χ2n) is 6.19. The van der Waals surface area contributed by atoms with E-state index in [0.717, 1.165) is 0 Å². The fourth-order valence-electron chi connectivity index (χ4n) is 2.89. The lowest BCUT2D eigenvalue weighted by atomic mass is 9.88. The van der Waals surface area contributed by atoms with Gasteiger partial charge in [0.05, 0.1) is 0 Å². The second-order valence-corrected chi connectivity index (χ2v) is 6.19. The van der Waals surface area contributed by atoms with Crippen LogP contribution in [0.5, 0.6) is 0 Å². The lowest BCUT2D eigenvalue weighted by Crippen LogP contribution is -2.06. The molecular formula is C20H38N2. The Balaban J connectivity index is 4.40. The zero-order valence-electron chi connectivity index (χ0n) is 15.5. The minimum atomic E-state index is 0.678. The first kappa shape index (κ1) is 21.1. The van der Waals surface area contributed by atoms with E-state index in [1.807, 2.05) is 6.21 Å². The fraction of sp³-hybridized carbons (Fsp3) is 0.800. The van der Waals surface area contributed by atoms with Gasteiger partial charge in [-0.25, -0.2) is 4.99 Å². The normalized spacial score (nSPS) is 14.3. The van der Waals surface area contributed by atoms with Crippen molar-refractivity contribution in [2.24, 2.45) is 15.9 Å². The molecule has 0 saturated heterocycles. The fourth-order valence-corrected chi connectivity index (χ4v) is 2.89. The number of aliphatic imine (C=N–C) groups is 2. The van der Waals surface area contributed by atoms with Crippen LogP contribution in [0.25, 0.3) is 0 Å². The molecule has 0 fully saturated rings. The van der Waals surface area contributed by atoms with Gasteiger partial charge >= 0.3 is 0 Å². The van der Waals surface area contributed by atoms with Crippen molar-refractivity contribution in [3.8, 4) is 0 Å². The standard InChI is InChI=1S/C20H38N2/c1-5-8-10-12-14-16-20(15-13-11-9-6-2)19(7-3)17-22-18-21-4/h7,17-18,20H,5-6,8-16H2,1-4H3/b19-7+,21-18?,22-17?. The number of unbranched alkanes of at least 4 members (excludes halogenated alkanes) is 7. The third-order valence-electron chi connectivity index (χ3n) is 4.27. The molecule has 0 aromatic rings. The lowest BCUT2D eigenvalue weighted by Gasteiger charge is -2.18. The van der Waals surface area contributed by atoms with Gasteiger partial charge in [-0.2, -0.15) is 0 Å². The first-order valence-corrected chi connectivity index (χ1v) is 9.40. The Labute approximate surface area is 139 Å². The molecule has 0 amide bonds. The minimum absolute atomic E-state index is 0.678. The van der Waals surface area contributed by atoms with E-state index in [0.29, 0.717) is 5.92 Å². The van der Waals surface area contributed by atoms with Gasteiger partial charge in [-0.3, -0.25) is 4.99 Å². The molecule has 0 spiro atoms. The molecule has 22 heavy (non-hydrogen) atoms. The van der Waals surface area contributed by atoms with Crippen molar-refractivity contribution in [1.29, 1.82) is 0 Å². The molecule has 0 aliphatic heterocycles. The molecule has 0 bridgehead atoms. The van der Waals surface area contributed by atoms with Gasteiger partial charge in [0.15, 0.2) is 0 Å². The monoisotopic (exact) mass is 306 g/mol. The number of hydrogen-bond acceptors (Lipinski definition) is 1. The molecule has 0 aromatic carbocycles. The first-order valence-electron chi connectivity index (χ1n) is 9.40. The van der Waals surface area contributed by atoms with Gasteiger partial charge in [0.25, 0.3) is 0 Å². The van der Waals surface area contributed by atoms with E-state index >= 15 is 0 Å². The molecule has 2 nitrogen and oxygen atoms in total. The zero-order valence-corrected chi connectivity index (χ0v) is 15.5. The minimum Gasteiger partial charge on any atom is -0.277 e. The van der Waals surface area contributed by atoms with Gasteiger partial charge in [0.2, 0.25) is 0 Å². The van der Waals surface area contributed by atoms with Crippen LogP contribution in [0, 0.1) is 5.92 Å². The summed E-state index contributed by atoms with van der Waals surface area (Å²) in [5, 5.41) is 0. The Morgan fingerprint density at radius 2 is 1.41 bits per heavy atom. The van der Waals surface area contributed by atoms with Gasteiger partial charge in [0.1, 0.15) is 6.34 Å². The average molecular weight is 307 g/mol. The van der Waals surface area contributed by atoms with Crippen LogP contribution in [-0.2, 0) is 0 Å². The molecule has 1 unspecified atom stereocenters. The smallest absolute Gasteiger partial charge is 0.109 e. The molecule has 128 valence electrons. The summed E-state index contributed by atoms with van der Waals surface area (Å²) in [5.74, 6) is 0.678. The summed E-state index contributed by atoms with van der Waals surface area (Å²) < 4.78 is 0. The third-order valence-corrected chi connectivity index (χ3v) is 4.27. The number of hydrogen-bond donors (Lipinski definition) is 0. The highest BCUT2D eigenvalue weighted by atomic mass is 14.8. The van der Waals surface area contributed by atoms with Crippen molar-refractivity contribution in [3.63, 3.8) is 0 Å². The van der Waals surface area contributed by atoms with Crippen LogP contribution in [0.1, 0.15) is 91.4 Å². The van der Waals surface area contributed by atoms with Gasteiger partial charge in [-0.1, -0.05) is 77.7 Å². The molecule has 0 heterocycles. The summed E-state index contributed by atoms with van der Waals surface area (Å²) in [7, 11) is 1.77. The summed E-state index contributed by atoms with van der Waals surface area (Å²) in [6.45, 7) is 6.69. The molecule has 2 heteroatoms. The maximum absolute atomic E-state index is 4.30. The number of allylic oxidation sites excluding steroid dienone is 2. The van der Waals surface area contributed by atoms with Crippen molar-refractivity contribution in [3.05, 3.63) is 11.6 Å². The maximum atomic E-state index is 4.30. The van der Waals surface area contributed by atoms with Crippen LogP contribution >= 0.6 is 0 Å². The Morgan fingerprint density at radius 3 is 1.91 bits per heavy atom. The van der Waals surface area contributed by atoms with Crippen molar-refractivity contribution in [2.75, 3.05) is 7.05 Å². The number of rotatable bonds is 14. The molecule has 0 N–H and O–H groups in total. The molecule has 0 aromatic heterocycles. The predicted molar refractivity (Wildman–Crippen MR) is 102 cm³/mol. The van der Waals surface area contributed by atoms with E-state index in [1.165, 1.54) is 76.2 Å². The Bertz CT molecular complexity index is 316. The van der Waals surface area contributed by atoms with Gasteiger partial charge in [-0.15, -0.1) is 0 Å². The summed E-state index contributed by atoms with van der Waals surface area (Å²) in [5.41, 5.74) is 1.40. The summed E-state index contributed by atoms with van der Waals surface area (Å²) in [6.07, 6.45) is 20.7. The van der Waals surface area contributed by atoms with E-state index in [-0.39, 0.29) is 0 Å². The topological polar surface area (TPSA) is 24.7 Å². The van der Waals surface area contributed by atoms with E-state index < -0.39 is 0 Å². The highest BCUT2D eigenvalue weighted by molar-refractivity contribution is 5.85. The maximum Gasteiger partial charge on any atom is 0.109 e. The van der Waals surface area contributed by atoms with Gasteiger partial charge in [-0.05, 0) is 31.3 Å². The van der Waals surface area contributed by atoms with Crippen molar-refractivity contribution < 1.29 is 0 Å². The van der Waals surface area contributed by atoms with E-state index in [4.69, 9.17) is 0 Å². The van der Waals surface area contributed by atoms with E-state index in [2.05, 4.69) is 36.8 Å². The highest BCUT2D eigenvalue weighted by Crippen LogP contribution is 2.24. The SMILES string of the molecule is C/C=C(\C=NC=NC)C(CCCCCC)CCCCCCC. The predicted octanol–water partition coefficient (Wildman–Crippen LogP) is 6.61. The lowest BCUT2D eigenvalue weighted by molar-refractivity contribution is 0.463. The molecule has 0 rings (SSSR count). The van der Waals surface area contributed by atoms with Gasteiger partial charge in [0, 0.05) is 13.3 Å². The Morgan fingerprint density at radius 1 is 0.864 bits per heavy atom. The molecule has 0 aliphatic carbocycles. The third kappa shape index (κ3) is 11.7. The van der Waals surface area contributed by atoms with Crippen molar-refractivity contribution in [2.45, 2.75) is 91.4 Å². The van der Waals surface area contributed by atoms with Gasteiger partial charge < -0.3 is 0 Å². The van der Waals surface area contributed by atoms with Crippen LogP contribution in [0.4, 0.5) is 0 Å². The quantitative estimate of drug-likeness (QED) is 0.196. The Kier molecular flexibility index (Phi) is 15.8. The molecule has 1 atom stereocenters. The van der Waals surface area contributed by atoms with Crippen LogP contribution in [-0.4, -0.2) is 19.6 Å². The number of nitrogens with zero attached hydrogens (tertiary/aromatic N) is 2. The highest BCUT2D eigenvalue weighted by Gasteiger charge is 2.12. The van der Waals surface area contributed by atoms with Crippen LogP contribution in [0.3, 0.4) is 0 Å². The molecule has 0 saturated carbocycles. The second kappa shape index (κ2) is 16.5. The Hall–Kier alpha value is -0.920. The largest absolute Gasteiger partial charge is 0.277 e. The van der Waals surface area contributed by atoms with Crippen molar-refractivity contribution >= 4 is 12.6 Å².